The van der Waals surface area contributed by atoms with E-state index >= 15 is 0 Å². The summed E-state index contributed by atoms with van der Waals surface area (Å²) >= 11 is 0.301. The number of benzene rings is 3. The Kier molecular flexibility index (Phi) is 9.70. The molecule has 0 aromatic heterocycles. The van der Waals surface area contributed by atoms with Gasteiger partial charge in [-0.3, -0.25) is 14.4 Å². The summed E-state index contributed by atoms with van der Waals surface area (Å²) in [7, 11) is 0. The molecule has 0 fully saturated rings. The van der Waals surface area contributed by atoms with E-state index in [0.29, 0.717) is 28.4 Å². The number of amides is 3. The van der Waals surface area contributed by atoms with Crippen molar-refractivity contribution in [1.29, 1.82) is 0 Å². The summed E-state index contributed by atoms with van der Waals surface area (Å²) in [6, 6.07) is 25.3. The number of anilines is 3. The largest absolute Gasteiger partial charge is 0.498 e. The van der Waals surface area contributed by atoms with Crippen LogP contribution in [0.25, 0.3) is 0 Å². The molecule has 0 spiro atoms. The normalized spacial score (nSPS) is 10.4. The Balaban J connectivity index is 1.75. The molecule has 0 atom stereocenters. The minimum Gasteiger partial charge on any atom is -0.403 e. The molecule has 0 saturated heterocycles. The van der Waals surface area contributed by atoms with Crippen LogP contribution in [-0.4, -0.2) is 17.7 Å². The lowest BCUT2D eigenvalue weighted by Gasteiger charge is -2.21. The van der Waals surface area contributed by atoms with Crippen LogP contribution in [0, 0.1) is 0 Å². The summed E-state index contributed by atoms with van der Waals surface area (Å²) in [5.74, 6) is -3.51. The molecule has 0 aliphatic heterocycles. The van der Waals surface area contributed by atoms with Crippen molar-refractivity contribution in [1.82, 2.24) is 0 Å². The SMILES string of the molecule is C=C(OP(=O)(OC(=C)C(=O)Nc1ccccc1)SC(=C)C(=O)Nc1ccccc1)C(=O)Nc1ccccc1. The van der Waals surface area contributed by atoms with Crippen molar-refractivity contribution in [3.8, 4) is 0 Å². The molecular weight excluding hydrogens is 525 g/mol. The van der Waals surface area contributed by atoms with Gasteiger partial charge in [0.1, 0.15) is 0 Å². The van der Waals surface area contributed by atoms with Crippen molar-refractivity contribution in [2.45, 2.75) is 0 Å². The first-order valence-corrected chi connectivity index (χ1v) is 14.0. The smallest absolute Gasteiger partial charge is 0.403 e. The fourth-order valence-corrected chi connectivity index (χ4v) is 5.80. The van der Waals surface area contributed by atoms with Gasteiger partial charge in [-0.1, -0.05) is 74.3 Å². The molecule has 3 aromatic rings. The van der Waals surface area contributed by atoms with Gasteiger partial charge >= 0.3 is 6.80 Å². The van der Waals surface area contributed by atoms with E-state index in [1.54, 1.807) is 91.0 Å². The number of hydrogen-bond acceptors (Lipinski definition) is 7. The summed E-state index contributed by atoms with van der Waals surface area (Å²) < 4.78 is 24.4. The zero-order valence-electron chi connectivity index (χ0n) is 20.1. The number of rotatable bonds is 12. The molecule has 0 aliphatic rings. The van der Waals surface area contributed by atoms with Gasteiger partial charge in [-0.25, -0.2) is 4.57 Å². The lowest BCUT2D eigenvalue weighted by molar-refractivity contribution is -0.115. The molecule has 3 aromatic carbocycles. The Bertz CT molecular complexity index is 1230. The van der Waals surface area contributed by atoms with Gasteiger partial charge in [-0.15, -0.1) is 0 Å². The van der Waals surface area contributed by atoms with Gasteiger partial charge in [0.05, 0.1) is 4.91 Å². The monoisotopic (exact) mass is 549 g/mol. The topological polar surface area (TPSA) is 123 Å². The second-order valence-corrected chi connectivity index (χ2v) is 11.3. The maximum Gasteiger partial charge on any atom is 0.498 e. The van der Waals surface area contributed by atoms with E-state index in [1.165, 1.54) is 0 Å². The molecule has 9 nitrogen and oxygen atoms in total. The number of para-hydroxylation sites is 3. The molecular formula is C27H24N3O6PS. The number of carbonyl (C=O) groups excluding carboxylic acids is 3. The van der Waals surface area contributed by atoms with Crippen LogP contribution in [0.1, 0.15) is 0 Å². The highest BCUT2D eigenvalue weighted by Gasteiger charge is 2.36. The summed E-state index contributed by atoms with van der Waals surface area (Å²) in [4.78, 5) is 37.5. The molecule has 194 valence electrons. The average Bonchev–Trinajstić information content (AvgIpc) is 2.90. The van der Waals surface area contributed by atoms with Crippen molar-refractivity contribution >= 4 is 53.0 Å². The van der Waals surface area contributed by atoms with Gasteiger partial charge in [0.25, 0.3) is 17.7 Å². The van der Waals surface area contributed by atoms with Crippen LogP contribution >= 0.6 is 18.2 Å². The third-order valence-corrected chi connectivity index (χ3v) is 7.82. The summed E-state index contributed by atoms with van der Waals surface area (Å²) in [6.45, 7) is 6.14. The predicted molar refractivity (Wildman–Crippen MR) is 150 cm³/mol. The maximum absolute atomic E-state index is 13.7. The van der Waals surface area contributed by atoms with Gasteiger partial charge < -0.3 is 25.0 Å². The molecule has 0 saturated carbocycles. The number of carbonyl (C=O) groups is 3. The first-order chi connectivity index (χ1) is 18.1. The third-order valence-electron chi connectivity index (χ3n) is 4.52. The quantitative estimate of drug-likeness (QED) is 0.137. The molecule has 0 heterocycles. The highest BCUT2D eigenvalue weighted by Crippen LogP contribution is 2.65. The third kappa shape index (κ3) is 8.55. The van der Waals surface area contributed by atoms with Crippen LogP contribution in [-0.2, 0) is 28.0 Å². The second kappa shape index (κ2) is 13.1. The van der Waals surface area contributed by atoms with Crippen molar-refractivity contribution in [2.24, 2.45) is 0 Å². The van der Waals surface area contributed by atoms with E-state index < -0.39 is 36.0 Å². The highest BCUT2D eigenvalue weighted by atomic mass is 32.7. The summed E-state index contributed by atoms with van der Waals surface area (Å²) in [5.41, 5.74) is 1.34. The van der Waals surface area contributed by atoms with E-state index in [1.807, 2.05) is 0 Å². The number of hydrogen-bond donors (Lipinski definition) is 3. The zero-order valence-corrected chi connectivity index (χ0v) is 21.8. The van der Waals surface area contributed by atoms with Gasteiger partial charge in [-0.05, 0) is 36.4 Å². The van der Waals surface area contributed by atoms with Gasteiger partial charge in [0.15, 0.2) is 11.5 Å². The van der Waals surface area contributed by atoms with E-state index in [0.717, 1.165) is 0 Å². The van der Waals surface area contributed by atoms with Crippen LogP contribution in [0.2, 0.25) is 0 Å². The van der Waals surface area contributed by atoms with E-state index in [2.05, 4.69) is 35.7 Å². The maximum atomic E-state index is 13.7. The Morgan fingerprint density at radius 2 is 0.895 bits per heavy atom. The van der Waals surface area contributed by atoms with Crippen LogP contribution in [0.5, 0.6) is 0 Å². The minimum absolute atomic E-state index is 0.273. The Morgan fingerprint density at radius 3 is 1.24 bits per heavy atom. The fourth-order valence-electron chi connectivity index (χ4n) is 2.75. The van der Waals surface area contributed by atoms with E-state index in [-0.39, 0.29) is 4.91 Å². The number of nitrogens with one attached hydrogen (secondary N) is 3. The summed E-state index contributed by atoms with van der Waals surface area (Å²) in [6.07, 6.45) is 0. The van der Waals surface area contributed by atoms with Crippen LogP contribution < -0.4 is 16.0 Å². The molecule has 0 radical (unpaired) electrons. The average molecular weight is 550 g/mol. The van der Waals surface area contributed by atoms with Gasteiger partial charge in [0.2, 0.25) is 0 Å². The van der Waals surface area contributed by atoms with Crippen LogP contribution in [0.4, 0.5) is 17.1 Å². The lowest BCUT2D eigenvalue weighted by Crippen LogP contribution is -2.18. The molecule has 3 N–H and O–H groups in total. The highest BCUT2D eigenvalue weighted by molar-refractivity contribution is 8.57. The van der Waals surface area contributed by atoms with Crippen molar-refractivity contribution < 1.29 is 28.0 Å². The standard InChI is InChI=1S/C27H24N3O6PS/c1-19(25(31)28-22-13-7-4-8-14-22)35-37(34,36-20(2)26(32)29-23-15-9-5-10-16-23)38-21(3)27(33)30-24-17-11-6-12-18-24/h4-18H,1-3H2,(H,28,31)(H,29,32)(H,30,33). The molecule has 3 amide bonds. The minimum atomic E-state index is -4.53. The molecule has 0 bridgehead atoms. The van der Waals surface area contributed by atoms with E-state index in [9.17, 15) is 18.9 Å². The first kappa shape index (κ1) is 28.0. The Labute approximate surface area is 223 Å². The molecule has 0 unspecified atom stereocenters. The first-order valence-electron chi connectivity index (χ1n) is 11.0. The van der Waals surface area contributed by atoms with Crippen LogP contribution in [0.15, 0.2) is 127 Å². The fraction of sp³-hybridized carbons (Fsp3) is 0. The van der Waals surface area contributed by atoms with Crippen molar-refractivity contribution in [3.63, 3.8) is 0 Å². The molecule has 11 heteroatoms. The van der Waals surface area contributed by atoms with Crippen molar-refractivity contribution in [2.75, 3.05) is 16.0 Å². The van der Waals surface area contributed by atoms with E-state index in [4.69, 9.17) is 9.05 Å². The molecule has 0 aliphatic carbocycles. The molecule has 38 heavy (non-hydrogen) atoms. The van der Waals surface area contributed by atoms with Gasteiger partial charge in [0, 0.05) is 28.4 Å². The predicted octanol–water partition coefficient (Wildman–Crippen LogP) is 6.32. The van der Waals surface area contributed by atoms with Gasteiger partial charge in [-0.2, -0.15) is 0 Å². The van der Waals surface area contributed by atoms with Crippen LogP contribution in [0.3, 0.4) is 0 Å². The lowest BCUT2D eigenvalue weighted by atomic mass is 10.3. The zero-order chi connectivity index (χ0) is 27.5. The second-order valence-electron chi connectivity index (χ2n) is 7.45. The molecule has 3 rings (SSSR count). The van der Waals surface area contributed by atoms with Crippen molar-refractivity contribution in [3.05, 3.63) is 127 Å². The summed E-state index contributed by atoms with van der Waals surface area (Å²) in [5, 5.41) is 7.64. The Hall–Kier alpha value is -4.53. The Morgan fingerprint density at radius 1 is 0.579 bits per heavy atom.